The zero-order valence-corrected chi connectivity index (χ0v) is 9.31. The normalized spacial score (nSPS) is 10.2. The van der Waals surface area contributed by atoms with Crippen LogP contribution in [0.2, 0.25) is 0 Å². The third-order valence-electron chi connectivity index (χ3n) is 2.46. The first-order valence-electron chi connectivity index (χ1n) is 5.09. The minimum Gasteiger partial charge on any atom is -0.327 e. The molecule has 0 saturated carbocycles. The van der Waals surface area contributed by atoms with Gasteiger partial charge in [0.25, 0.3) is 0 Å². The monoisotopic (exact) mass is 216 g/mol. The fourth-order valence-corrected chi connectivity index (χ4v) is 1.56. The van der Waals surface area contributed by atoms with Crippen molar-refractivity contribution in [3.8, 4) is 0 Å². The van der Waals surface area contributed by atoms with Crippen LogP contribution in [0.5, 0.6) is 0 Å². The molecule has 0 N–H and O–H groups in total. The number of aromatic nitrogens is 1. The number of halogens is 1. The zero-order valence-electron chi connectivity index (χ0n) is 9.31. The van der Waals surface area contributed by atoms with E-state index in [0.717, 1.165) is 11.4 Å². The molecular weight excluding hydrogens is 203 g/mol. The lowest BCUT2D eigenvalue weighted by molar-refractivity contribution is 0.626. The lowest BCUT2D eigenvalue weighted by Crippen LogP contribution is -2.12. The number of nitrogens with zero attached hydrogens (tertiary/aromatic N) is 2. The highest BCUT2D eigenvalue weighted by molar-refractivity contribution is 5.59. The fraction of sp³-hybridized carbons (Fsp3) is 0.154. The summed E-state index contributed by atoms with van der Waals surface area (Å²) in [5.74, 6) is 0.499. The van der Waals surface area contributed by atoms with Crippen molar-refractivity contribution in [3.05, 3.63) is 54.0 Å². The quantitative estimate of drug-likeness (QED) is 0.765. The average molecular weight is 216 g/mol. The Bertz CT molecular complexity index is 483. The Kier molecular flexibility index (Phi) is 2.86. The van der Waals surface area contributed by atoms with Crippen LogP contribution in [0.4, 0.5) is 15.9 Å². The van der Waals surface area contributed by atoms with Crippen LogP contribution in [0.15, 0.2) is 42.6 Å². The van der Waals surface area contributed by atoms with Crippen molar-refractivity contribution in [1.29, 1.82) is 0 Å². The van der Waals surface area contributed by atoms with E-state index in [1.54, 1.807) is 24.2 Å². The van der Waals surface area contributed by atoms with Crippen molar-refractivity contribution in [2.75, 3.05) is 11.9 Å². The topological polar surface area (TPSA) is 16.1 Å². The molecule has 0 aliphatic heterocycles. The molecule has 2 rings (SSSR count). The minimum absolute atomic E-state index is 0.229. The molecule has 0 fully saturated rings. The van der Waals surface area contributed by atoms with Gasteiger partial charge in [-0.1, -0.05) is 12.1 Å². The molecule has 0 unspecified atom stereocenters. The average Bonchev–Trinajstić information content (AvgIpc) is 2.29. The van der Waals surface area contributed by atoms with Crippen molar-refractivity contribution in [1.82, 2.24) is 4.98 Å². The van der Waals surface area contributed by atoms with Gasteiger partial charge in [-0.05, 0) is 36.8 Å². The van der Waals surface area contributed by atoms with Crippen LogP contribution < -0.4 is 4.90 Å². The number of hydrogen-bond acceptors (Lipinski definition) is 2. The van der Waals surface area contributed by atoms with Gasteiger partial charge in [0.1, 0.15) is 11.6 Å². The second-order valence-corrected chi connectivity index (χ2v) is 3.70. The standard InChI is InChI=1S/C13H13FN2/c1-10-6-7-12(11(14)9-10)16(2)13-5-3-4-8-15-13/h3-9H,1-2H3. The molecule has 0 atom stereocenters. The maximum absolute atomic E-state index is 13.7. The molecule has 1 heterocycles. The lowest BCUT2D eigenvalue weighted by atomic mass is 10.2. The van der Waals surface area contributed by atoms with Crippen molar-refractivity contribution in [2.24, 2.45) is 0 Å². The molecule has 1 aromatic heterocycles. The van der Waals surface area contributed by atoms with Gasteiger partial charge in [0.15, 0.2) is 0 Å². The van der Waals surface area contributed by atoms with Gasteiger partial charge in [0.05, 0.1) is 5.69 Å². The van der Waals surface area contributed by atoms with Gasteiger partial charge in [-0.25, -0.2) is 9.37 Å². The van der Waals surface area contributed by atoms with Crippen LogP contribution in [0, 0.1) is 12.7 Å². The second-order valence-electron chi connectivity index (χ2n) is 3.70. The van der Waals surface area contributed by atoms with Crippen molar-refractivity contribution in [2.45, 2.75) is 6.92 Å². The van der Waals surface area contributed by atoms with Gasteiger partial charge in [-0.15, -0.1) is 0 Å². The molecule has 0 bridgehead atoms. The molecule has 0 spiro atoms. The Morgan fingerprint density at radius 3 is 2.62 bits per heavy atom. The van der Waals surface area contributed by atoms with Gasteiger partial charge < -0.3 is 4.90 Å². The Hall–Kier alpha value is -1.90. The van der Waals surface area contributed by atoms with Gasteiger partial charge in [0.2, 0.25) is 0 Å². The van der Waals surface area contributed by atoms with Crippen molar-refractivity contribution in [3.63, 3.8) is 0 Å². The van der Waals surface area contributed by atoms with Crippen LogP contribution in [-0.4, -0.2) is 12.0 Å². The molecule has 2 aromatic rings. The predicted octanol–water partition coefficient (Wildman–Crippen LogP) is 3.30. The molecular formula is C13H13FN2. The van der Waals surface area contributed by atoms with E-state index >= 15 is 0 Å². The molecule has 16 heavy (non-hydrogen) atoms. The van der Waals surface area contributed by atoms with E-state index in [-0.39, 0.29) is 5.82 Å². The third-order valence-corrected chi connectivity index (χ3v) is 2.46. The van der Waals surface area contributed by atoms with E-state index in [2.05, 4.69) is 4.98 Å². The van der Waals surface area contributed by atoms with E-state index < -0.39 is 0 Å². The molecule has 0 amide bonds. The molecule has 1 aromatic carbocycles. The second kappa shape index (κ2) is 4.31. The van der Waals surface area contributed by atoms with E-state index in [0.29, 0.717) is 5.69 Å². The number of hydrogen-bond donors (Lipinski definition) is 0. The summed E-state index contributed by atoms with van der Waals surface area (Å²) in [5, 5.41) is 0. The first kappa shape index (κ1) is 10.6. The number of aryl methyl sites for hydroxylation is 1. The Morgan fingerprint density at radius 1 is 1.19 bits per heavy atom. The first-order valence-corrected chi connectivity index (χ1v) is 5.09. The highest BCUT2D eigenvalue weighted by atomic mass is 19.1. The third kappa shape index (κ3) is 2.03. The zero-order chi connectivity index (χ0) is 11.5. The summed E-state index contributed by atoms with van der Waals surface area (Å²) in [6.45, 7) is 1.87. The Labute approximate surface area is 94.4 Å². The molecule has 3 heteroatoms. The molecule has 82 valence electrons. The molecule has 0 saturated heterocycles. The fourth-order valence-electron chi connectivity index (χ4n) is 1.56. The summed E-state index contributed by atoms with van der Waals surface area (Å²) < 4.78 is 13.7. The van der Waals surface area contributed by atoms with Crippen LogP contribution in [0.1, 0.15) is 5.56 Å². The van der Waals surface area contributed by atoms with Gasteiger partial charge >= 0.3 is 0 Å². The van der Waals surface area contributed by atoms with Crippen LogP contribution in [0.25, 0.3) is 0 Å². The van der Waals surface area contributed by atoms with Gasteiger partial charge in [0, 0.05) is 13.2 Å². The van der Waals surface area contributed by atoms with E-state index in [4.69, 9.17) is 0 Å². The molecule has 2 nitrogen and oxygen atoms in total. The molecule has 0 radical (unpaired) electrons. The maximum atomic E-state index is 13.7. The summed E-state index contributed by atoms with van der Waals surface area (Å²) >= 11 is 0. The summed E-state index contributed by atoms with van der Waals surface area (Å²) in [6, 6.07) is 10.7. The lowest BCUT2D eigenvalue weighted by Gasteiger charge is -2.18. The minimum atomic E-state index is -0.229. The predicted molar refractivity (Wildman–Crippen MR) is 63.4 cm³/mol. The van der Waals surface area contributed by atoms with Crippen molar-refractivity contribution < 1.29 is 4.39 Å². The van der Waals surface area contributed by atoms with Crippen LogP contribution in [-0.2, 0) is 0 Å². The first-order chi connectivity index (χ1) is 7.68. The largest absolute Gasteiger partial charge is 0.327 e. The smallest absolute Gasteiger partial charge is 0.147 e. The number of pyridine rings is 1. The highest BCUT2D eigenvalue weighted by Gasteiger charge is 2.09. The summed E-state index contributed by atoms with van der Waals surface area (Å²) in [7, 11) is 1.80. The number of rotatable bonds is 2. The number of anilines is 2. The Morgan fingerprint density at radius 2 is 2.00 bits per heavy atom. The van der Waals surface area contributed by atoms with Crippen molar-refractivity contribution >= 4 is 11.5 Å². The maximum Gasteiger partial charge on any atom is 0.147 e. The summed E-state index contributed by atoms with van der Waals surface area (Å²) in [6.07, 6.45) is 1.69. The summed E-state index contributed by atoms with van der Waals surface area (Å²) in [5.41, 5.74) is 1.44. The van der Waals surface area contributed by atoms with E-state index in [1.807, 2.05) is 31.2 Å². The van der Waals surface area contributed by atoms with Gasteiger partial charge in [-0.2, -0.15) is 0 Å². The molecule has 0 aliphatic carbocycles. The van der Waals surface area contributed by atoms with E-state index in [1.165, 1.54) is 6.07 Å². The van der Waals surface area contributed by atoms with E-state index in [9.17, 15) is 4.39 Å². The number of benzene rings is 1. The molecule has 0 aliphatic rings. The Balaban J connectivity index is 2.38. The SMILES string of the molecule is Cc1ccc(N(C)c2ccccn2)c(F)c1. The van der Waals surface area contributed by atoms with Crippen LogP contribution in [0.3, 0.4) is 0 Å². The highest BCUT2D eigenvalue weighted by Crippen LogP contribution is 2.24. The summed E-state index contributed by atoms with van der Waals surface area (Å²) in [4.78, 5) is 5.91. The van der Waals surface area contributed by atoms with Crippen LogP contribution >= 0.6 is 0 Å². The van der Waals surface area contributed by atoms with Gasteiger partial charge in [-0.3, -0.25) is 0 Å².